The lowest BCUT2D eigenvalue weighted by Gasteiger charge is -2.23. The number of hydrogen-bond donors (Lipinski definition) is 1. The van der Waals surface area contributed by atoms with E-state index < -0.39 is 0 Å². The first-order valence-corrected chi connectivity index (χ1v) is 9.51. The van der Waals surface area contributed by atoms with Gasteiger partial charge in [0.05, 0.1) is 13.2 Å². The van der Waals surface area contributed by atoms with Crippen molar-refractivity contribution in [2.24, 2.45) is 0 Å². The summed E-state index contributed by atoms with van der Waals surface area (Å²) < 4.78 is 11.5. The molecule has 3 rings (SSSR count). The van der Waals surface area contributed by atoms with Crippen molar-refractivity contribution in [1.29, 1.82) is 0 Å². The summed E-state index contributed by atoms with van der Waals surface area (Å²) in [7, 11) is 0. The molecular formula is C21H26ClNO2. The van der Waals surface area contributed by atoms with Crippen LogP contribution in [-0.2, 0) is 0 Å². The molecule has 1 heterocycles. The van der Waals surface area contributed by atoms with Crippen LogP contribution in [0.4, 0.5) is 0 Å². The molecule has 25 heavy (non-hydrogen) atoms. The second-order valence-corrected chi connectivity index (χ2v) is 6.89. The van der Waals surface area contributed by atoms with E-state index in [4.69, 9.17) is 21.1 Å². The lowest BCUT2D eigenvalue weighted by molar-refractivity contribution is 0.266. The molecule has 0 amide bonds. The van der Waals surface area contributed by atoms with Gasteiger partial charge in [-0.3, -0.25) is 0 Å². The minimum Gasteiger partial charge on any atom is -0.494 e. The number of nitrogens with one attached hydrogen (secondary N) is 1. The zero-order chi connectivity index (χ0) is 17.3. The summed E-state index contributed by atoms with van der Waals surface area (Å²) in [5, 5.41) is 4.11. The highest BCUT2D eigenvalue weighted by molar-refractivity contribution is 6.30. The maximum absolute atomic E-state index is 5.93. The van der Waals surface area contributed by atoms with Crippen LogP contribution in [0, 0.1) is 0 Å². The van der Waals surface area contributed by atoms with Gasteiger partial charge in [-0.2, -0.15) is 0 Å². The highest BCUT2D eigenvalue weighted by atomic mass is 35.5. The van der Waals surface area contributed by atoms with E-state index in [0.29, 0.717) is 24.2 Å². The Kier molecular flexibility index (Phi) is 7.01. The van der Waals surface area contributed by atoms with Gasteiger partial charge in [-0.25, -0.2) is 0 Å². The van der Waals surface area contributed by atoms with Gasteiger partial charge in [0, 0.05) is 5.02 Å². The topological polar surface area (TPSA) is 30.5 Å². The van der Waals surface area contributed by atoms with Crippen molar-refractivity contribution in [3.63, 3.8) is 0 Å². The van der Waals surface area contributed by atoms with Gasteiger partial charge in [0.15, 0.2) is 0 Å². The summed E-state index contributed by atoms with van der Waals surface area (Å²) in [5.41, 5.74) is 1.43. The largest absolute Gasteiger partial charge is 0.494 e. The van der Waals surface area contributed by atoms with E-state index in [1.807, 2.05) is 24.3 Å². The minimum atomic E-state index is 0.679. The van der Waals surface area contributed by atoms with Crippen molar-refractivity contribution in [1.82, 2.24) is 5.32 Å². The molecule has 134 valence electrons. The molecule has 0 saturated carbocycles. The molecule has 4 heteroatoms. The summed E-state index contributed by atoms with van der Waals surface area (Å²) >= 11 is 5.93. The van der Waals surface area contributed by atoms with Crippen LogP contribution in [0.5, 0.6) is 11.5 Å². The smallest absolute Gasteiger partial charge is 0.120 e. The summed E-state index contributed by atoms with van der Waals surface area (Å²) in [6, 6.07) is 16.1. The molecule has 0 aromatic heterocycles. The third-order valence-electron chi connectivity index (χ3n) is 4.56. The Morgan fingerprint density at radius 1 is 0.880 bits per heavy atom. The number of unbranched alkanes of at least 4 members (excludes halogenated alkanes) is 1. The van der Waals surface area contributed by atoms with Gasteiger partial charge in [-0.05, 0) is 80.6 Å². The van der Waals surface area contributed by atoms with Crippen molar-refractivity contribution < 1.29 is 9.47 Å². The lowest BCUT2D eigenvalue weighted by Crippen LogP contribution is -2.26. The van der Waals surface area contributed by atoms with Gasteiger partial charge < -0.3 is 14.8 Å². The summed E-state index contributed by atoms with van der Waals surface area (Å²) in [4.78, 5) is 0. The van der Waals surface area contributed by atoms with Crippen molar-refractivity contribution in [2.45, 2.75) is 31.6 Å². The Balaban J connectivity index is 1.32. The highest BCUT2D eigenvalue weighted by Crippen LogP contribution is 2.26. The molecule has 0 atom stereocenters. The van der Waals surface area contributed by atoms with Gasteiger partial charge in [0.1, 0.15) is 11.5 Å². The fourth-order valence-electron chi connectivity index (χ4n) is 3.13. The van der Waals surface area contributed by atoms with E-state index in [0.717, 1.165) is 37.4 Å². The Morgan fingerprint density at radius 2 is 1.56 bits per heavy atom. The Labute approximate surface area is 155 Å². The molecule has 0 aliphatic carbocycles. The van der Waals surface area contributed by atoms with Crippen LogP contribution in [0.2, 0.25) is 5.02 Å². The zero-order valence-corrected chi connectivity index (χ0v) is 15.3. The second-order valence-electron chi connectivity index (χ2n) is 6.45. The van der Waals surface area contributed by atoms with Crippen molar-refractivity contribution in [2.75, 3.05) is 26.3 Å². The first-order chi connectivity index (χ1) is 12.3. The highest BCUT2D eigenvalue weighted by Gasteiger charge is 2.14. The van der Waals surface area contributed by atoms with E-state index in [-0.39, 0.29) is 0 Å². The van der Waals surface area contributed by atoms with Crippen LogP contribution < -0.4 is 14.8 Å². The first kappa shape index (κ1) is 18.1. The number of rotatable bonds is 8. The van der Waals surface area contributed by atoms with Gasteiger partial charge in [0.2, 0.25) is 0 Å². The van der Waals surface area contributed by atoms with Gasteiger partial charge in [-0.15, -0.1) is 0 Å². The Bertz CT molecular complexity index is 639. The van der Waals surface area contributed by atoms with Gasteiger partial charge >= 0.3 is 0 Å². The number of hydrogen-bond acceptors (Lipinski definition) is 3. The van der Waals surface area contributed by atoms with Crippen molar-refractivity contribution in [3.05, 3.63) is 59.1 Å². The van der Waals surface area contributed by atoms with Crippen LogP contribution >= 0.6 is 11.6 Å². The molecule has 1 N–H and O–H groups in total. The van der Waals surface area contributed by atoms with Gasteiger partial charge in [0.25, 0.3) is 0 Å². The molecule has 3 nitrogen and oxygen atoms in total. The molecule has 0 unspecified atom stereocenters. The van der Waals surface area contributed by atoms with Crippen LogP contribution in [-0.4, -0.2) is 26.3 Å². The average molecular weight is 360 g/mol. The van der Waals surface area contributed by atoms with E-state index >= 15 is 0 Å². The molecular weight excluding hydrogens is 334 g/mol. The van der Waals surface area contributed by atoms with Crippen LogP contribution in [0.1, 0.15) is 37.2 Å². The van der Waals surface area contributed by atoms with E-state index in [1.54, 1.807) is 0 Å². The third kappa shape index (κ3) is 5.94. The second kappa shape index (κ2) is 9.69. The first-order valence-electron chi connectivity index (χ1n) is 9.13. The third-order valence-corrected chi connectivity index (χ3v) is 4.80. The van der Waals surface area contributed by atoms with E-state index in [9.17, 15) is 0 Å². The number of benzene rings is 2. The molecule has 0 bridgehead atoms. The summed E-state index contributed by atoms with van der Waals surface area (Å²) in [5.74, 6) is 2.47. The molecule has 2 aromatic rings. The standard InChI is InChI=1S/C21H26ClNO2/c22-19-4-3-5-21(16-19)25-15-2-1-14-24-20-8-6-17(7-9-20)18-10-12-23-13-11-18/h3-9,16,18,23H,1-2,10-15H2. The molecule has 1 aliphatic heterocycles. The van der Waals surface area contributed by atoms with Gasteiger partial charge in [-0.1, -0.05) is 29.8 Å². The van der Waals surface area contributed by atoms with Crippen LogP contribution in [0.25, 0.3) is 0 Å². The average Bonchev–Trinajstić information content (AvgIpc) is 2.66. The van der Waals surface area contributed by atoms with Crippen molar-refractivity contribution in [3.8, 4) is 11.5 Å². The summed E-state index contributed by atoms with van der Waals surface area (Å²) in [6.07, 6.45) is 4.38. The fourth-order valence-corrected chi connectivity index (χ4v) is 3.31. The molecule has 0 radical (unpaired) electrons. The predicted octanol–water partition coefficient (Wildman–Crippen LogP) is 5.05. The normalized spacial score (nSPS) is 15.1. The number of ether oxygens (including phenoxy) is 2. The molecule has 0 spiro atoms. The van der Waals surface area contributed by atoms with E-state index in [1.165, 1.54) is 18.4 Å². The lowest BCUT2D eigenvalue weighted by atomic mass is 9.90. The maximum atomic E-state index is 5.93. The Morgan fingerprint density at radius 3 is 2.24 bits per heavy atom. The van der Waals surface area contributed by atoms with Crippen molar-refractivity contribution >= 4 is 11.6 Å². The van der Waals surface area contributed by atoms with Crippen LogP contribution in [0.3, 0.4) is 0 Å². The zero-order valence-electron chi connectivity index (χ0n) is 14.5. The fraction of sp³-hybridized carbons (Fsp3) is 0.429. The molecule has 1 fully saturated rings. The van der Waals surface area contributed by atoms with E-state index in [2.05, 4.69) is 29.6 Å². The SMILES string of the molecule is Clc1cccc(OCCCCOc2ccc(C3CCNCC3)cc2)c1. The maximum Gasteiger partial charge on any atom is 0.120 e. The molecule has 1 aliphatic rings. The molecule has 2 aromatic carbocycles. The number of halogens is 1. The Hall–Kier alpha value is -1.71. The minimum absolute atomic E-state index is 0.679. The quantitative estimate of drug-likeness (QED) is 0.669. The number of piperidine rings is 1. The monoisotopic (exact) mass is 359 g/mol. The predicted molar refractivity (Wildman–Crippen MR) is 103 cm³/mol. The summed E-state index contributed by atoms with van der Waals surface area (Å²) in [6.45, 7) is 3.64. The molecule has 1 saturated heterocycles. The van der Waals surface area contributed by atoms with Crippen LogP contribution in [0.15, 0.2) is 48.5 Å².